The summed E-state index contributed by atoms with van der Waals surface area (Å²) in [6.07, 6.45) is 0. The molecule has 0 saturated heterocycles. The van der Waals surface area contributed by atoms with Crippen LogP contribution in [0.25, 0.3) is 0 Å². The molecule has 3 heteroatoms. The minimum absolute atomic E-state index is 0.330. The number of benzene rings is 3. The minimum atomic E-state index is -1.40. The number of hydrogen-bond donors (Lipinski definition) is 2. The van der Waals surface area contributed by atoms with Gasteiger partial charge >= 0.3 is 0 Å². The summed E-state index contributed by atoms with van der Waals surface area (Å²) in [6, 6.07) is 23.8. The summed E-state index contributed by atoms with van der Waals surface area (Å²) >= 11 is 0. The number of nitrogens with two attached hydrogens (primary N) is 1. The summed E-state index contributed by atoms with van der Waals surface area (Å²) in [5.74, 6) is -0.330. The predicted molar refractivity (Wildman–Crippen MR) is 89.2 cm³/mol. The van der Waals surface area contributed by atoms with E-state index in [-0.39, 0.29) is 5.82 Å². The van der Waals surface area contributed by atoms with E-state index in [1.165, 1.54) is 12.1 Å². The van der Waals surface area contributed by atoms with Gasteiger partial charge in [-0.3, -0.25) is 0 Å². The molecule has 0 unspecified atom stereocenters. The highest BCUT2D eigenvalue weighted by Crippen LogP contribution is 2.39. The van der Waals surface area contributed by atoms with Gasteiger partial charge in [0, 0.05) is 0 Å². The van der Waals surface area contributed by atoms with E-state index in [0.717, 1.165) is 0 Å². The molecule has 23 heavy (non-hydrogen) atoms. The van der Waals surface area contributed by atoms with Crippen LogP contribution in [0.1, 0.15) is 22.7 Å². The van der Waals surface area contributed by atoms with Crippen LogP contribution >= 0.6 is 0 Å². The molecule has 116 valence electrons. The summed E-state index contributed by atoms with van der Waals surface area (Å²) in [7, 11) is 0. The number of aliphatic hydroxyl groups is 1. The highest BCUT2D eigenvalue weighted by molar-refractivity contribution is 5.41. The van der Waals surface area contributed by atoms with Gasteiger partial charge in [-0.15, -0.1) is 0 Å². The molecule has 0 radical (unpaired) electrons. The Morgan fingerprint density at radius 3 is 1.61 bits per heavy atom. The Labute approximate surface area is 135 Å². The van der Waals surface area contributed by atoms with Crippen molar-refractivity contribution in [3.05, 3.63) is 107 Å². The second kappa shape index (κ2) is 6.32. The van der Waals surface area contributed by atoms with Crippen molar-refractivity contribution in [1.82, 2.24) is 0 Å². The zero-order chi connectivity index (χ0) is 16.3. The van der Waals surface area contributed by atoms with Crippen LogP contribution in [0.4, 0.5) is 4.39 Å². The van der Waals surface area contributed by atoms with Crippen LogP contribution in [0.2, 0.25) is 0 Å². The van der Waals surface area contributed by atoms with Gasteiger partial charge < -0.3 is 10.8 Å². The van der Waals surface area contributed by atoms with Gasteiger partial charge in [0.05, 0.1) is 6.04 Å². The maximum atomic E-state index is 13.2. The molecular formula is C20H18FNO. The standard InChI is InChI=1S/C20H18FNO/c21-18-13-11-15(12-14-18)19(22)20(23,16-7-3-1-4-8-16)17-9-5-2-6-10-17/h1-14,19,23H,22H2/t19-/m1/s1. The van der Waals surface area contributed by atoms with Gasteiger partial charge in [-0.1, -0.05) is 72.8 Å². The Hall–Kier alpha value is -2.49. The Bertz CT molecular complexity index is 717. The normalized spacial score (nSPS) is 12.8. The highest BCUT2D eigenvalue weighted by atomic mass is 19.1. The van der Waals surface area contributed by atoms with Crippen LogP contribution in [0, 0.1) is 5.82 Å². The summed E-state index contributed by atoms with van der Waals surface area (Å²) in [6.45, 7) is 0. The van der Waals surface area contributed by atoms with Crippen molar-refractivity contribution < 1.29 is 9.50 Å². The molecular weight excluding hydrogens is 289 g/mol. The van der Waals surface area contributed by atoms with E-state index < -0.39 is 11.6 Å². The largest absolute Gasteiger partial charge is 0.378 e. The molecule has 1 atom stereocenters. The molecule has 0 aliphatic carbocycles. The van der Waals surface area contributed by atoms with E-state index in [2.05, 4.69) is 0 Å². The van der Waals surface area contributed by atoms with Gasteiger partial charge in [0.2, 0.25) is 0 Å². The van der Waals surface area contributed by atoms with Gasteiger partial charge in [0.25, 0.3) is 0 Å². The van der Waals surface area contributed by atoms with Crippen molar-refractivity contribution in [2.75, 3.05) is 0 Å². The average Bonchev–Trinajstić information content (AvgIpc) is 2.62. The molecule has 0 fully saturated rings. The van der Waals surface area contributed by atoms with E-state index in [9.17, 15) is 9.50 Å². The molecule has 3 aromatic rings. The molecule has 0 saturated carbocycles. The fraction of sp³-hybridized carbons (Fsp3) is 0.100. The first-order valence-corrected chi connectivity index (χ1v) is 7.47. The smallest absolute Gasteiger partial charge is 0.134 e. The van der Waals surface area contributed by atoms with Crippen LogP contribution in [-0.4, -0.2) is 5.11 Å². The minimum Gasteiger partial charge on any atom is -0.378 e. The molecule has 3 aromatic carbocycles. The van der Waals surface area contributed by atoms with E-state index in [1.807, 2.05) is 60.7 Å². The van der Waals surface area contributed by atoms with Gasteiger partial charge in [0.1, 0.15) is 11.4 Å². The zero-order valence-corrected chi connectivity index (χ0v) is 12.6. The SMILES string of the molecule is N[C@H](c1ccc(F)cc1)C(O)(c1ccccc1)c1ccccc1. The molecule has 2 nitrogen and oxygen atoms in total. The number of hydrogen-bond acceptors (Lipinski definition) is 2. The summed E-state index contributed by atoms with van der Waals surface area (Å²) in [4.78, 5) is 0. The van der Waals surface area contributed by atoms with Crippen molar-refractivity contribution >= 4 is 0 Å². The van der Waals surface area contributed by atoms with E-state index >= 15 is 0 Å². The lowest BCUT2D eigenvalue weighted by atomic mass is 9.78. The second-order valence-electron chi connectivity index (χ2n) is 5.53. The quantitative estimate of drug-likeness (QED) is 0.771. The lowest BCUT2D eigenvalue weighted by molar-refractivity contribution is 0.0512. The molecule has 3 N–H and O–H groups in total. The monoisotopic (exact) mass is 307 g/mol. The van der Waals surface area contributed by atoms with Crippen LogP contribution in [0.3, 0.4) is 0 Å². The number of halogens is 1. The average molecular weight is 307 g/mol. The van der Waals surface area contributed by atoms with E-state index in [0.29, 0.717) is 16.7 Å². The molecule has 0 heterocycles. The topological polar surface area (TPSA) is 46.2 Å². The first kappa shape index (κ1) is 15.4. The van der Waals surface area contributed by atoms with E-state index in [1.54, 1.807) is 12.1 Å². The third kappa shape index (κ3) is 2.89. The first-order chi connectivity index (χ1) is 11.1. The van der Waals surface area contributed by atoms with Gasteiger partial charge in [-0.25, -0.2) is 4.39 Å². The Morgan fingerprint density at radius 1 is 0.739 bits per heavy atom. The van der Waals surface area contributed by atoms with Gasteiger partial charge in [0.15, 0.2) is 0 Å². The Kier molecular flexibility index (Phi) is 4.24. The number of rotatable bonds is 4. The Morgan fingerprint density at radius 2 is 1.17 bits per heavy atom. The van der Waals surface area contributed by atoms with Crippen molar-refractivity contribution in [2.24, 2.45) is 5.73 Å². The van der Waals surface area contributed by atoms with Gasteiger partial charge in [-0.05, 0) is 28.8 Å². The van der Waals surface area contributed by atoms with Crippen molar-refractivity contribution in [1.29, 1.82) is 0 Å². The first-order valence-electron chi connectivity index (χ1n) is 7.47. The van der Waals surface area contributed by atoms with E-state index in [4.69, 9.17) is 5.73 Å². The molecule has 3 rings (SSSR count). The van der Waals surface area contributed by atoms with Crippen molar-refractivity contribution in [2.45, 2.75) is 11.6 Å². The van der Waals surface area contributed by atoms with Crippen molar-refractivity contribution in [3.63, 3.8) is 0 Å². The molecule has 0 aliphatic heterocycles. The summed E-state index contributed by atoms with van der Waals surface area (Å²) in [5.41, 5.74) is 7.08. The van der Waals surface area contributed by atoms with Crippen LogP contribution in [0.5, 0.6) is 0 Å². The molecule has 0 aromatic heterocycles. The summed E-state index contributed by atoms with van der Waals surface area (Å²) in [5, 5.41) is 11.5. The van der Waals surface area contributed by atoms with Crippen LogP contribution < -0.4 is 5.73 Å². The highest BCUT2D eigenvalue weighted by Gasteiger charge is 2.38. The fourth-order valence-corrected chi connectivity index (χ4v) is 2.82. The van der Waals surface area contributed by atoms with Crippen LogP contribution in [-0.2, 0) is 5.60 Å². The maximum Gasteiger partial charge on any atom is 0.134 e. The lowest BCUT2D eigenvalue weighted by Crippen LogP contribution is -2.39. The Balaban J connectivity index is 2.14. The third-order valence-electron chi connectivity index (χ3n) is 4.11. The maximum absolute atomic E-state index is 13.2. The fourth-order valence-electron chi connectivity index (χ4n) is 2.82. The molecule has 0 spiro atoms. The summed E-state index contributed by atoms with van der Waals surface area (Å²) < 4.78 is 13.2. The molecule has 0 bridgehead atoms. The third-order valence-corrected chi connectivity index (χ3v) is 4.11. The second-order valence-corrected chi connectivity index (χ2v) is 5.53. The predicted octanol–water partition coefficient (Wildman–Crippen LogP) is 3.76. The lowest BCUT2D eigenvalue weighted by Gasteiger charge is -2.35. The molecule has 0 amide bonds. The van der Waals surface area contributed by atoms with Crippen LogP contribution in [0.15, 0.2) is 84.9 Å². The van der Waals surface area contributed by atoms with Gasteiger partial charge in [-0.2, -0.15) is 0 Å². The zero-order valence-electron chi connectivity index (χ0n) is 12.6. The molecule has 0 aliphatic rings. The van der Waals surface area contributed by atoms with Crippen molar-refractivity contribution in [3.8, 4) is 0 Å².